The highest BCUT2D eigenvalue weighted by molar-refractivity contribution is 5.26. The van der Waals surface area contributed by atoms with Gasteiger partial charge in [0.1, 0.15) is 0 Å². The van der Waals surface area contributed by atoms with E-state index in [1.807, 2.05) is 6.08 Å². The predicted molar refractivity (Wildman–Crippen MR) is 55.6 cm³/mol. The summed E-state index contributed by atoms with van der Waals surface area (Å²) < 4.78 is 0. The minimum absolute atomic E-state index is 0.348. The van der Waals surface area contributed by atoms with Gasteiger partial charge in [-0.15, -0.1) is 0 Å². The van der Waals surface area contributed by atoms with Crippen LogP contribution in [-0.4, -0.2) is 23.8 Å². The van der Waals surface area contributed by atoms with Gasteiger partial charge in [0.05, 0.1) is 6.10 Å². The zero-order valence-electron chi connectivity index (χ0n) is 8.46. The van der Waals surface area contributed by atoms with Crippen LogP contribution in [0.3, 0.4) is 0 Å². The molecule has 0 spiro atoms. The molecule has 0 bridgehead atoms. The summed E-state index contributed by atoms with van der Waals surface area (Å²) in [6.45, 7) is 4.81. The molecule has 1 aliphatic rings. The molecule has 0 radical (unpaired) electrons. The smallest absolute Gasteiger partial charge is 0.0911 e. The number of aliphatic hydroxyl groups is 1. The molecule has 0 saturated heterocycles. The summed E-state index contributed by atoms with van der Waals surface area (Å²) in [4.78, 5) is 0. The van der Waals surface area contributed by atoms with Gasteiger partial charge in [-0.1, -0.05) is 32.1 Å². The first-order valence-corrected chi connectivity index (χ1v) is 4.98. The molecule has 74 valence electrons. The average Bonchev–Trinajstić information content (AvgIpc) is 2.15. The highest BCUT2D eigenvalue weighted by atomic mass is 16.3. The zero-order valence-corrected chi connectivity index (χ0v) is 8.46. The number of nitrogens with one attached hydrogen (secondary N) is 1. The van der Waals surface area contributed by atoms with Gasteiger partial charge in [-0.05, 0) is 18.4 Å². The van der Waals surface area contributed by atoms with E-state index in [2.05, 4.69) is 31.3 Å². The van der Waals surface area contributed by atoms with Crippen LogP contribution in [0, 0.1) is 0 Å². The Morgan fingerprint density at radius 1 is 1.46 bits per heavy atom. The number of rotatable bonds is 4. The predicted octanol–water partition coefficient (Wildman–Crippen LogP) is 1.62. The Labute approximate surface area is 80.3 Å². The Kier molecular flexibility index (Phi) is 4.19. The molecule has 0 amide bonds. The van der Waals surface area contributed by atoms with Crippen molar-refractivity contribution in [2.45, 2.75) is 38.8 Å². The molecule has 1 rings (SSSR count). The number of hydrogen-bond donors (Lipinski definition) is 2. The average molecular weight is 181 g/mol. The third kappa shape index (κ3) is 3.75. The van der Waals surface area contributed by atoms with E-state index in [0.717, 1.165) is 18.4 Å². The van der Waals surface area contributed by atoms with Crippen LogP contribution >= 0.6 is 0 Å². The van der Waals surface area contributed by atoms with E-state index < -0.39 is 0 Å². The number of hydrogen-bond acceptors (Lipinski definition) is 2. The first-order chi connectivity index (χ1) is 6.20. The van der Waals surface area contributed by atoms with Crippen LogP contribution in [0.25, 0.3) is 0 Å². The van der Waals surface area contributed by atoms with Gasteiger partial charge in [0.2, 0.25) is 0 Å². The monoisotopic (exact) mass is 181 g/mol. The summed E-state index contributed by atoms with van der Waals surface area (Å²) >= 11 is 0. The second-order valence-corrected chi connectivity index (χ2v) is 3.76. The van der Waals surface area contributed by atoms with Crippen LogP contribution < -0.4 is 5.32 Å². The summed E-state index contributed by atoms with van der Waals surface area (Å²) in [5.74, 6) is 0. The third-order valence-corrected chi connectivity index (χ3v) is 2.13. The maximum absolute atomic E-state index is 9.74. The summed E-state index contributed by atoms with van der Waals surface area (Å²) in [6.07, 6.45) is 8.08. The Morgan fingerprint density at radius 2 is 2.23 bits per heavy atom. The summed E-state index contributed by atoms with van der Waals surface area (Å²) in [6, 6.07) is 0.433. The van der Waals surface area contributed by atoms with Crippen molar-refractivity contribution in [3.8, 4) is 0 Å². The molecule has 0 aromatic rings. The minimum atomic E-state index is -0.348. The molecule has 1 unspecified atom stereocenters. The fourth-order valence-corrected chi connectivity index (χ4v) is 1.35. The van der Waals surface area contributed by atoms with Gasteiger partial charge in [-0.2, -0.15) is 0 Å². The molecule has 0 heterocycles. The van der Waals surface area contributed by atoms with Crippen LogP contribution in [0.15, 0.2) is 23.8 Å². The summed E-state index contributed by atoms with van der Waals surface area (Å²) in [5.41, 5.74) is 1.06. The van der Waals surface area contributed by atoms with Gasteiger partial charge in [0.15, 0.2) is 0 Å². The number of aliphatic hydroxyl groups excluding tert-OH is 1. The molecule has 0 aromatic heterocycles. The van der Waals surface area contributed by atoms with E-state index in [4.69, 9.17) is 0 Å². The standard InChI is InChI=1S/C11H19NO/c1-9(2)12-8-11(13)10-6-4-3-5-7-10/h4,6-7,9,11-13H,3,5,8H2,1-2H3. The fourth-order valence-electron chi connectivity index (χ4n) is 1.35. The lowest BCUT2D eigenvalue weighted by Gasteiger charge is -2.16. The Morgan fingerprint density at radius 3 is 2.77 bits per heavy atom. The van der Waals surface area contributed by atoms with Gasteiger partial charge in [-0.25, -0.2) is 0 Å². The summed E-state index contributed by atoms with van der Waals surface area (Å²) in [7, 11) is 0. The first kappa shape index (κ1) is 10.5. The van der Waals surface area contributed by atoms with Crippen molar-refractivity contribution in [3.63, 3.8) is 0 Å². The lowest BCUT2D eigenvalue weighted by molar-refractivity contribution is 0.206. The van der Waals surface area contributed by atoms with Crippen molar-refractivity contribution in [2.24, 2.45) is 0 Å². The van der Waals surface area contributed by atoms with E-state index in [1.165, 1.54) is 0 Å². The molecular weight excluding hydrogens is 162 g/mol. The zero-order chi connectivity index (χ0) is 9.68. The van der Waals surface area contributed by atoms with Gasteiger partial charge >= 0.3 is 0 Å². The Hall–Kier alpha value is -0.600. The normalized spacial score (nSPS) is 18.9. The quantitative estimate of drug-likeness (QED) is 0.690. The number of allylic oxidation sites excluding steroid dienone is 2. The van der Waals surface area contributed by atoms with E-state index >= 15 is 0 Å². The first-order valence-electron chi connectivity index (χ1n) is 4.98. The lowest BCUT2D eigenvalue weighted by atomic mass is 10.0. The van der Waals surface area contributed by atoms with Crippen LogP contribution in [-0.2, 0) is 0 Å². The van der Waals surface area contributed by atoms with Crippen LogP contribution in [0.1, 0.15) is 26.7 Å². The second-order valence-electron chi connectivity index (χ2n) is 3.76. The largest absolute Gasteiger partial charge is 0.387 e. The van der Waals surface area contributed by atoms with Gasteiger partial charge < -0.3 is 10.4 Å². The molecule has 1 atom stereocenters. The maximum Gasteiger partial charge on any atom is 0.0911 e. The van der Waals surface area contributed by atoms with Crippen molar-refractivity contribution < 1.29 is 5.11 Å². The van der Waals surface area contributed by atoms with Crippen molar-refractivity contribution in [3.05, 3.63) is 23.8 Å². The van der Waals surface area contributed by atoms with Crippen LogP contribution in [0.2, 0.25) is 0 Å². The van der Waals surface area contributed by atoms with E-state index in [0.29, 0.717) is 12.6 Å². The van der Waals surface area contributed by atoms with Crippen molar-refractivity contribution in [1.29, 1.82) is 0 Å². The Bertz CT molecular complexity index is 206. The van der Waals surface area contributed by atoms with E-state index in [-0.39, 0.29) is 6.10 Å². The molecule has 0 fully saturated rings. The van der Waals surface area contributed by atoms with Crippen molar-refractivity contribution >= 4 is 0 Å². The summed E-state index contributed by atoms with van der Waals surface area (Å²) in [5, 5.41) is 13.0. The molecule has 1 aliphatic carbocycles. The third-order valence-electron chi connectivity index (χ3n) is 2.13. The highest BCUT2D eigenvalue weighted by Crippen LogP contribution is 2.12. The van der Waals surface area contributed by atoms with Gasteiger partial charge in [0.25, 0.3) is 0 Å². The Balaban J connectivity index is 2.34. The van der Waals surface area contributed by atoms with E-state index in [9.17, 15) is 5.11 Å². The molecule has 2 N–H and O–H groups in total. The van der Waals surface area contributed by atoms with Crippen molar-refractivity contribution in [1.82, 2.24) is 5.32 Å². The van der Waals surface area contributed by atoms with Crippen LogP contribution in [0.4, 0.5) is 0 Å². The minimum Gasteiger partial charge on any atom is -0.387 e. The molecule has 2 nitrogen and oxygen atoms in total. The van der Waals surface area contributed by atoms with Gasteiger partial charge in [0, 0.05) is 12.6 Å². The van der Waals surface area contributed by atoms with Gasteiger partial charge in [-0.3, -0.25) is 0 Å². The molecule has 0 saturated carbocycles. The SMILES string of the molecule is CC(C)NCC(O)C1=CCCC=C1. The lowest BCUT2D eigenvalue weighted by Crippen LogP contribution is -2.32. The molecule has 0 aromatic carbocycles. The molecule has 13 heavy (non-hydrogen) atoms. The second kappa shape index (κ2) is 5.20. The molecular formula is C11H19NO. The fraction of sp³-hybridized carbons (Fsp3) is 0.636. The van der Waals surface area contributed by atoms with E-state index in [1.54, 1.807) is 0 Å². The van der Waals surface area contributed by atoms with Crippen LogP contribution in [0.5, 0.6) is 0 Å². The highest BCUT2D eigenvalue weighted by Gasteiger charge is 2.09. The molecule has 2 heteroatoms. The van der Waals surface area contributed by atoms with Crippen molar-refractivity contribution in [2.75, 3.05) is 6.54 Å². The maximum atomic E-state index is 9.74. The topological polar surface area (TPSA) is 32.3 Å². The molecule has 0 aliphatic heterocycles.